The lowest BCUT2D eigenvalue weighted by molar-refractivity contribution is 0.255. The number of hydrogen-bond acceptors (Lipinski definition) is 5. The summed E-state index contributed by atoms with van der Waals surface area (Å²) in [5, 5.41) is 11.3. The molecule has 0 aliphatic heterocycles. The van der Waals surface area contributed by atoms with Gasteiger partial charge in [-0.05, 0) is 36.8 Å². The van der Waals surface area contributed by atoms with Crippen molar-refractivity contribution in [1.29, 1.82) is 0 Å². The summed E-state index contributed by atoms with van der Waals surface area (Å²) in [5.41, 5.74) is 8.69. The van der Waals surface area contributed by atoms with E-state index in [1.165, 1.54) is 4.90 Å². The highest BCUT2D eigenvalue weighted by molar-refractivity contribution is 6.14. The van der Waals surface area contributed by atoms with Gasteiger partial charge in [0, 0.05) is 24.2 Å². The molecule has 2 aromatic carbocycles. The molecular weight excluding hydrogens is 372 g/mol. The highest BCUT2D eigenvalue weighted by atomic mass is 16.5. The van der Waals surface area contributed by atoms with E-state index in [0.717, 1.165) is 10.9 Å². The number of carbonyl (C=O) groups is 1. The maximum absolute atomic E-state index is 11.3. The molecule has 3 rings (SSSR count). The van der Waals surface area contributed by atoms with E-state index in [1.807, 2.05) is 13.0 Å². The summed E-state index contributed by atoms with van der Waals surface area (Å²) >= 11 is 0. The number of methoxy groups -OCH3 is 2. The predicted octanol–water partition coefficient (Wildman–Crippen LogP) is 3.94. The number of urea groups is 1. The van der Waals surface area contributed by atoms with Crippen LogP contribution in [-0.2, 0) is 0 Å². The second-order valence-corrected chi connectivity index (χ2v) is 6.43. The van der Waals surface area contributed by atoms with Gasteiger partial charge in [0.2, 0.25) is 0 Å². The number of hydrogen-bond donors (Lipinski definition) is 3. The second kappa shape index (κ2) is 8.14. The highest BCUT2D eigenvalue weighted by Crippen LogP contribution is 2.37. The van der Waals surface area contributed by atoms with E-state index < -0.39 is 6.03 Å². The number of ether oxygens (including phenoxy) is 2. The fourth-order valence-electron chi connectivity index (χ4n) is 3.14. The lowest BCUT2D eigenvalue weighted by atomic mass is 10.1. The van der Waals surface area contributed by atoms with Crippen LogP contribution in [0.15, 0.2) is 41.4 Å². The molecule has 0 unspecified atom stereocenters. The molecule has 0 atom stereocenters. The minimum Gasteiger partial charge on any atom is -0.494 e. The molecule has 8 nitrogen and oxygen atoms in total. The maximum Gasteiger partial charge on any atom is 0.318 e. The fourth-order valence-corrected chi connectivity index (χ4v) is 3.14. The molecule has 0 spiro atoms. The van der Waals surface area contributed by atoms with E-state index in [2.05, 4.69) is 4.98 Å². The van der Waals surface area contributed by atoms with Gasteiger partial charge in [0.1, 0.15) is 0 Å². The number of fused-ring (bicyclic) bond motifs is 1. The number of amides is 2. The Labute approximate surface area is 168 Å². The number of nitrogens with one attached hydrogen (secondary N) is 1. The largest absolute Gasteiger partial charge is 0.494 e. The van der Waals surface area contributed by atoms with Crippen LogP contribution in [0.4, 0.5) is 16.2 Å². The molecule has 4 N–H and O–H groups in total. The molecule has 0 saturated heterocycles. The number of aromatic hydroxyl groups is 1. The third-order valence-electron chi connectivity index (χ3n) is 4.74. The summed E-state index contributed by atoms with van der Waals surface area (Å²) in [6.07, 6.45) is 0.595. The smallest absolute Gasteiger partial charge is 0.318 e. The number of nitrogens with two attached hydrogens (primary N) is 1. The first-order valence-electron chi connectivity index (χ1n) is 9.07. The van der Waals surface area contributed by atoms with E-state index in [4.69, 9.17) is 20.2 Å². The van der Waals surface area contributed by atoms with Gasteiger partial charge in [-0.25, -0.2) is 4.79 Å². The molecular formula is C21H24N4O4. The summed E-state index contributed by atoms with van der Waals surface area (Å²) in [4.78, 5) is 20.3. The van der Waals surface area contributed by atoms with Crippen molar-refractivity contribution < 1.29 is 19.4 Å². The number of nitrogens with zero attached hydrogens (tertiary/aromatic N) is 2. The lowest BCUT2D eigenvalue weighted by Crippen LogP contribution is -2.31. The van der Waals surface area contributed by atoms with E-state index in [1.54, 1.807) is 51.6 Å². The molecule has 29 heavy (non-hydrogen) atoms. The average Bonchev–Trinajstić information content (AvgIpc) is 3.05. The quantitative estimate of drug-likeness (QED) is 0.548. The molecule has 0 bridgehead atoms. The van der Waals surface area contributed by atoms with Crippen LogP contribution < -0.4 is 20.1 Å². The number of benzene rings is 2. The Bertz CT molecular complexity index is 1070. The molecule has 1 aromatic heterocycles. The van der Waals surface area contributed by atoms with Crippen LogP contribution in [0.2, 0.25) is 0 Å². The Morgan fingerprint density at radius 2 is 1.79 bits per heavy atom. The summed E-state index contributed by atoms with van der Waals surface area (Å²) in [5.74, 6) is 1.16. The first kappa shape index (κ1) is 20.1. The summed E-state index contributed by atoms with van der Waals surface area (Å²) in [6, 6.07) is 10.2. The van der Waals surface area contributed by atoms with Gasteiger partial charge in [-0.15, -0.1) is 0 Å². The SMILES string of the molecule is CCC(=Nc1ccc(N(C)C(N)=O)cc1)c1c(O)[nH]c2cc(OC)c(OC)cc12. The molecule has 0 aliphatic rings. The van der Waals surface area contributed by atoms with E-state index in [0.29, 0.717) is 40.6 Å². The first-order valence-corrected chi connectivity index (χ1v) is 9.07. The second-order valence-electron chi connectivity index (χ2n) is 6.43. The van der Waals surface area contributed by atoms with Crippen molar-refractivity contribution in [2.45, 2.75) is 13.3 Å². The lowest BCUT2D eigenvalue weighted by Gasteiger charge is -2.14. The van der Waals surface area contributed by atoms with Crippen LogP contribution in [0.25, 0.3) is 10.9 Å². The fraction of sp³-hybridized carbons (Fsp3) is 0.238. The van der Waals surface area contributed by atoms with Crippen LogP contribution in [0, 0.1) is 0 Å². The summed E-state index contributed by atoms with van der Waals surface area (Å²) in [7, 11) is 4.73. The van der Waals surface area contributed by atoms with Gasteiger partial charge in [-0.2, -0.15) is 0 Å². The Hall–Kier alpha value is -3.68. The zero-order valence-electron chi connectivity index (χ0n) is 16.8. The van der Waals surface area contributed by atoms with Crippen molar-refractivity contribution >= 4 is 34.0 Å². The minimum atomic E-state index is -0.538. The Kier molecular flexibility index (Phi) is 5.63. The third kappa shape index (κ3) is 3.82. The molecule has 8 heteroatoms. The van der Waals surface area contributed by atoms with Crippen LogP contribution in [0.5, 0.6) is 17.4 Å². The van der Waals surface area contributed by atoms with Crippen molar-refractivity contribution in [3.05, 3.63) is 42.0 Å². The number of rotatable bonds is 6. The van der Waals surface area contributed by atoms with Crippen LogP contribution in [-0.4, -0.2) is 43.1 Å². The minimum absolute atomic E-state index is 0.0287. The number of H-pyrrole nitrogens is 1. The number of primary amides is 1. The average molecular weight is 396 g/mol. The van der Waals surface area contributed by atoms with Crippen LogP contribution in [0.3, 0.4) is 0 Å². The molecule has 152 valence electrons. The Balaban J connectivity index is 2.06. The zero-order chi connectivity index (χ0) is 21.1. The third-order valence-corrected chi connectivity index (χ3v) is 4.74. The molecule has 0 fully saturated rings. The Morgan fingerprint density at radius 3 is 2.34 bits per heavy atom. The normalized spacial score (nSPS) is 11.5. The van der Waals surface area contributed by atoms with Crippen molar-refractivity contribution in [2.24, 2.45) is 10.7 Å². The van der Waals surface area contributed by atoms with Crippen molar-refractivity contribution in [2.75, 3.05) is 26.2 Å². The van der Waals surface area contributed by atoms with Crippen LogP contribution >= 0.6 is 0 Å². The number of aromatic nitrogens is 1. The highest BCUT2D eigenvalue weighted by Gasteiger charge is 2.18. The molecule has 0 saturated carbocycles. The van der Waals surface area contributed by atoms with Crippen molar-refractivity contribution in [3.63, 3.8) is 0 Å². The van der Waals surface area contributed by atoms with Gasteiger partial charge in [0.15, 0.2) is 17.4 Å². The van der Waals surface area contributed by atoms with Gasteiger partial charge in [-0.1, -0.05) is 6.92 Å². The molecule has 0 aliphatic carbocycles. The maximum atomic E-state index is 11.3. The van der Waals surface area contributed by atoms with E-state index in [-0.39, 0.29) is 5.88 Å². The first-order chi connectivity index (χ1) is 13.9. The molecule has 0 radical (unpaired) electrons. The van der Waals surface area contributed by atoms with E-state index in [9.17, 15) is 9.90 Å². The number of aliphatic imine (C=N–C) groups is 1. The predicted molar refractivity (Wildman–Crippen MR) is 114 cm³/mol. The molecule has 3 aromatic rings. The zero-order valence-corrected chi connectivity index (χ0v) is 16.8. The summed E-state index contributed by atoms with van der Waals surface area (Å²) < 4.78 is 10.7. The van der Waals surface area contributed by atoms with Gasteiger partial charge in [-0.3, -0.25) is 9.89 Å². The number of aromatic amines is 1. The monoisotopic (exact) mass is 396 g/mol. The van der Waals surface area contributed by atoms with Crippen molar-refractivity contribution in [1.82, 2.24) is 4.98 Å². The van der Waals surface area contributed by atoms with Crippen LogP contribution in [0.1, 0.15) is 18.9 Å². The van der Waals surface area contributed by atoms with Gasteiger partial charge >= 0.3 is 6.03 Å². The molecule has 2 amide bonds. The van der Waals surface area contributed by atoms with Gasteiger partial charge in [0.25, 0.3) is 0 Å². The summed E-state index contributed by atoms with van der Waals surface area (Å²) in [6.45, 7) is 1.97. The number of carbonyl (C=O) groups excluding carboxylic acids is 1. The van der Waals surface area contributed by atoms with Gasteiger partial charge < -0.3 is 25.3 Å². The number of anilines is 1. The molecule has 1 heterocycles. The Morgan fingerprint density at radius 1 is 1.17 bits per heavy atom. The topological polar surface area (TPSA) is 113 Å². The standard InChI is InChI=1S/C21H24N4O4/c1-5-15(23-12-6-8-13(9-7-12)25(2)21(22)27)19-14-10-17(28-3)18(29-4)11-16(14)24-20(19)26/h6-11,24,26H,5H2,1-4H3,(H2,22,27). The van der Waals surface area contributed by atoms with Gasteiger partial charge in [0.05, 0.1) is 36.7 Å². The van der Waals surface area contributed by atoms with Crippen molar-refractivity contribution in [3.8, 4) is 17.4 Å². The van der Waals surface area contributed by atoms with E-state index >= 15 is 0 Å².